The molecule has 6 nitrogen and oxygen atoms in total. The zero-order valence-corrected chi connectivity index (χ0v) is 75.5. The van der Waals surface area contributed by atoms with Gasteiger partial charge in [0.25, 0.3) is 0 Å². The average molecular weight is 1820 g/mol. The van der Waals surface area contributed by atoms with Gasteiger partial charge in [0.1, 0.15) is 11.9 Å². The molecule has 4 aliphatic carbocycles. The van der Waals surface area contributed by atoms with Gasteiger partial charge < -0.3 is 14.2 Å². The maximum Gasteiger partial charge on any atom is 0.325 e. The molecule has 0 aromatic rings. The van der Waals surface area contributed by atoms with E-state index in [1.807, 2.05) is 0 Å². The summed E-state index contributed by atoms with van der Waals surface area (Å²) in [7, 11) is -3.38. The topological polar surface area (TPSA) is 89.9 Å². The van der Waals surface area contributed by atoms with Crippen LogP contribution < -0.4 is 0 Å². The van der Waals surface area contributed by atoms with E-state index in [1.54, 1.807) is 5.57 Å². The Hall–Kier alpha value is 13.4. The van der Waals surface area contributed by atoms with E-state index in [4.69, 9.17) is 14.2 Å². The molecule has 9 atom stereocenters. The first-order valence-electron chi connectivity index (χ1n) is 19.1. The number of unbranched alkanes of at least 4 members (excludes halogenated alkanes) is 4. The van der Waals surface area contributed by atoms with E-state index >= 15 is 0 Å². The number of esters is 1. The van der Waals surface area contributed by atoms with Gasteiger partial charge in [-0.05, 0) is 104 Å². The Labute approximate surface area is 689 Å². The van der Waals surface area contributed by atoms with Crippen molar-refractivity contribution in [3.05, 3.63) is 11.6 Å². The van der Waals surface area contributed by atoms with Crippen molar-refractivity contribution in [2.45, 2.75) is 163 Å². The SMILES string of the molecule is CC(C)CCC[C@@H](C)[C@H]1CC[C@H]2[C@@H]3CC=C4C[C@@H](OC(=O)CCC(=O)CCCCCCCOP(C)(=O)O)CC[C@]4(C)[C@H]3CC[C@]12C.[Y].[Y].[Y].[Y].[Y].[Y].[Y].[Y].[Y].[Y].[Y].[Y].[Y]. The molecule has 4 rings (SSSR count). The summed E-state index contributed by atoms with van der Waals surface area (Å²) in [6.07, 6.45) is 21.7. The number of hydrogen-bond donors (Lipinski definition) is 1. The quantitative estimate of drug-likeness (QED) is 0.0637. The fraction of sp³-hybridized carbons (Fsp3) is 0.897. The van der Waals surface area contributed by atoms with Crippen molar-refractivity contribution in [1.82, 2.24) is 0 Å². The summed E-state index contributed by atoms with van der Waals surface area (Å²) in [6, 6.07) is 0. The Kier molecular flexibility index (Phi) is 79.8. The van der Waals surface area contributed by atoms with Crippen molar-refractivity contribution in [3.63, 3.8) is 0 Å². The molecular weight excluding hydrogens is 1750 g/mol. The molecule has 59 heavy (non-hydrogen) atoms. The molecule has 1 unspecified atom stereocenters. The minimum atomic E-state index is -3.38. The summed E-state index contributed by atoms with van der Waals surface area (Å²) in [6.45, 7) is 14.0. The van der Waals surface area contributed by atoms with Crippen LogP contribution in [-0.2, 0) is 449 Å². The number of carbonyl (C=O) groups is 2. The van der Waals surface area contributed by atoms with Crippen LogP contribution in [0, 0.1) is 46.3 Å². The van der Waals surface area contributed by atoms with Crippen molar-refractivity contribution in [2.75, 3.05) is 13.3 Å². The van der Waals surface area contributed by atoms with Crippen LogP contribution >= 0.6 is 7.60 Å². The Bertz CT molecular complexity index is 1140. The van der Waals surface area contributed by atoms with Gasteiger partial charge in [-0.2, -0.15) is 0 Å². The molecule has 303 valence electrons. The summed E-state index contributed by atoms with van der Waals surface area (Å²) >= 11 is 0. The van der Waals surface area contributed by atoms with E-state index in [2.05, 4.69) is 40.7 Å². The van der Waals surface area contributed by atoms with Crippen LogP contribution in [-0.4, -0.2) is 36.0 Å². The van der Waals surface area contributed by atoms with Crippen LogP contribution in [0.15, 0.2) is 11.6 Å². The molecule has 3 fully saturated rings. The third kappa shape index (κ3) is 32.8. The molecule has 0 bridgehead atoms. The maximum absolute atomic E-state index is 12.7. The number of hydrogen-bond acceptors (Lipinski definition) is 5. The van der Waals surface area contributed by atoms with Gasteiger partial charge in [0.2, 0.25) is 0 Å². The standard InChI is InChI=1S/C39H67O6P.13Y/c1-28(2)13-12-14-29(3)34-19-20-35-33-18-16-30-27-32(22-24-38(30,4)36(33)23-25-39(34,35)5)45-37(41)21-17-31(40)15-10-8-7-9-11-26-44-46(6,42)43;;;;;;;;;;;;;/h16,28-29,32-36H,7-15,17-27H2,1-6H3,(H,42,43);;;;;;;;;;;;;/t29-,32+,33+,34-,35+,36+,38+,39-;;;;;;;;;;;;;/m1............./s1. The van der Waals surface area contributed by atoms with Crippen molar-refractivity contribution >= 4 is 19.3 Å². The van der Waals surface area contributed by atoms with Gasteiger partial charge >= 0.3 is 13.6 Å². The predicted octanol–water partition coefficient (Wildman–Crippen LogP) is 10.4. The van der Waals surface area contributed by atoms with Gasteiger partial charge in [0, 0.05) is 451 Å². The second-order valence-electron chi connectivity index (χ2n) is 16.8. The fourth-order valence-corrected chi connectivity index (χ4v) is 11.0. The molecule has 13 radical (unpaired) electrons. The van der Waals surface area contributed by atoms with Crippen LogP contribution in [0.4, 0.5) is 0 Å². The molecule has 0 amide bonds. The molecule has 0 aromatic carbocycles. The average Bonchev–Trinajstić information content (AvgIpc) is 3.34. The van der Waals surface area contributed by atoms with Crippen LogP contribution in [0.1, 0.15) is 157 Å². The first kappa shape index (κ1) is 94.8. The Morgan fingerprint density at radius 3 is 1.88 bits per heavy atom. The van der Waals surface area contributed by atoms with Gasteiger partial charge in [0.05, 0.1) is 13.0 Å². The zero-order chi connectivity index (χ0) is 33.5. The van der Waals surface area contributed by atoms with Gasteiger partial charge in [-0.15, -0.1) is 0 Å². The summed E-state index contributed by atoms with van der Waals surface area (Å²) in [4.78, 5) is 34.2. The number of fused-ring (bicyclic) bond motifs is 5. The van der Waals surface area contributed by atoms with Crippen LogP contribution in [0.25, 0.3) is 0 Å². The third-order valence-electron chi connectivity index (χ3n) is 13.1. The van der Waals surface area contributed by atoms with Crippen LogP contribution in [0.2, 0.25) is 0 Å². The van der Waals surface area contributed by atoms with E-state index in [0.29, 0.717) is 18.4 Å². The monoisotopic (exact) mass is 1820 g/mol. The second-order valence-corrected chi connectivity index (χ2v) is 18.7. The van der Waals surface area contributed by atoms with Crippen molar-refractivity contribution in [2.24, 2.45) is 46.3 Å². The molecular formula is C39H67O6PY13. The Balaban J connectivity index is -0.000000231. The van der Waals surface area contributed by atoms with Crippen molar-refractivity contribution in [3.8, 4) is 0 Å². The van der Waals surface area contributed by atoms with Gasteiger partial charge in [-0.25, -0.2) is 0 Å². The number of Topliss-reactive ketones (excluding diaryl/α,β-unsaturated/α-hetero) is 1. The number of allylic oxidation sites excluding steroid dienone is 1. The molecule has 1 N–H and O–H groups in total. The number of ketones is 1. The molecule has 0 spiro atoms. The summed E-state index contributed by atoms with van der Waals surface area (Å²) in [5.74, 6) is 4.87. The molecule has 20 heteroatoms. The minimum absolute atomic E-state index is 0. The van der Waals surface area contributed by atoms with E-state index in [9.17, 15) is 14.2 Å². The molecule has 0 heterocycles. The molecule has 0 saturated heterocycles. The molecule has 3 saturated carbocycles. The van der Waals surface area contributed by atoms with Gasteiger partial charge in [0.15, 0.2) is 0 Å². The number of rotatable bonds is 18. The van der Waals surface area contributed by atoms with E-state index < -0.39 is 7.60 Å². The van der Waals surface area contributed by atoms with Gasteiger partial charge in [-0.3, -0.25) is 14.2 Å². The molecule has 0 aromatic heterocycles. The van der Waals surface area contributed by atoms with Gasteiger partial charge in [-0.1, -0.05) is 84.8 Å². The first-order chi connectivity index (χ1) is 21.7. The normalized spacial score (nSPS) is 26.6. The molecule has 4 aliphatic rings. The molecule has 0 aliphatic heterocycles. The van der Waals surface area contributed by atoms with E-state index in [0.717, 1.165) is 86.9 Å². The van der Waals surface area contributed by atoms with Crippen LogP contribution in [0.3, 0.4) is 0 Å². The smallest absolute Gasteiger partial charge is 0.325 e. The number of carbonyl (C=O) groups excluding carboxylic acids is 2. The summed E-state index contributed by atoms with van der Waals surface area (Å²) < 4.78 is 22.0. The minimum Gasteiger partial charge on any atom is -0.462 e. The van der Waals surface area contributed by atoms with Crippen molar-refractivity contribution in [1.29, 1.82) is 0 Å². The first-order valence-corrected chi connectivity index (χ1v) is 21.1. The number of ether oxygens (including phenoxy) is 1. The van der Waals surface area contributed by atoms with E-state index in [-0.39, 0.29) is 461 Å². The van der Waals surface area contributed by atoms with E-state index in [1.165, 1.54) is 58.0 Å². The predicted molar refractivity (Wildman–Crippen MR) is 187 cm³/mol. The third-order valence-corrected chi connectivity index (χ3v) is 13.8. The Morgan fingerprint density at radius 2 is 1.31 bits per heavy atom. The summed E-state index contributed by atoms with van der Waals surface area (Å²) in [5, 5.41) is 0. The Morgan fingerprint density at radius 1 is 0.729 bits per heavy atom. The van der Waals surface area contributed by atoms with Crippen molar-refractivity contribution < 1.29 is 454 Å². The zero-order valence-electron chi connectivity index (χ0n) is 37.7. The van der Waals surface area contributed by atoms with Crippen LogP contribution in [0.5, 0.6) is 0 Å². The fourth-order valence-electron chi connectivity index (χ4n) is 10.6. The second kappa shape index (κ2) is 49.7. The summed E-state index contributed by atoms with van der Waals surface area (Å²) in [5.41, 5.74) is 2.29. The maximum atomic E-state index is 12.7. The largest absolute Gasteiger partial charge is 0.462 e.